The van der Waals surface area contributed by atoms with E-state index >= 15 is 0 Å². The maximum absolute atomic E-state index is 11.2. The molecule has 1 rings (SSSR count). The Labute approximate surface area is 94.0 Å². The summed E-state index contributed by atoms with van der Waals surface area (Å²) in [5.74, 6) is -0.0297. The Morgan fingerprint density at radius 2 is 1.87 bits per heavy atom. The number of nitrogens with one attached hydrogen (secondary N) is 3. The monoisotopic (exact) mass is 249 g/mol. The minimum atomic E-state index is -3.21. The lowest BCUT2D eigenvalue weighted by atomic mass is 10.2. The topological polar surface area (TPSA) is 70.2 Å². The van der Waals surface area contributed by atoms with E-state index in [0.717, 1.165) is 5.69 Å². The van der Waals surface area contributed by atoms with Gasteiger partial charge in [-0.3, -0.25) is 0 Å². The summed E-state index contributed by atoms with van der Waals surface area (Å²) in [5, 5.41) is 0. The summed E-state index contributed by atoms with van der Waals surface area (Å²) in [6.07, 6.45) is 0. The lowest BCUT2D eigenvalue weighted by Crippen LogP contribution is -2.20. The minimum Gasteiger partial charge on any atom is -0.308 e. The Morgan fingerprint density at radius 3 is 2.33 bits per heavy atom. The van der Waals surface area contributed by atoms with E-state index in [1.807, 2.05) is 0 Å². The summed E-state index contributed by atoms with van der Waals surface area (Å²) in [7, 11) is -1.82. The molecule has 0 spiro atoms. The Kier molecular flexibility index (Phi) is 4.34. The zero-order chi connectivity index (χ0) is 11.3. The van der Waals surface area contributed by atoms with Gasteiger partial charge in [-0.15, -0.1) is 4.94 Å². The van der Waals surface area contributed by atoms with Gasteiger partial charge in [-0.05, 0) is 36.5 Å². The number of sulfonamides is 1. The number of rotatable bonds is 5. The van der Waals surface area contributed by atoms with Crippen molar-refractivity contribution in [3.63, 3.8) is 0 Å². The van der Waals surface area contributed by atoms with Crippen LogP contribution in [0.4, 0.5) is 5.69 Å². The molecule has 0 bridgehead atoms. The smallest absolute Gasteiger partial charge is 0.215 e. The molecule has 0 saturated heterocycles. The summed E-state index contributed by atoms with van der Waals surface area (Å²) in [5.41, 5.74) is 4.13. The molecule has 1 aromatic carbocycles. The fourth-order valence-electron chi connectivity index (χ4n) is 1.03. The molecule has 0 aliphatic heterocycles. The van der Waals surface area contributed by atoms with Crippen LogP contribution in [-0.2, 0) is 15.8 Å². The molecule has 15 heavy (non-hydrogen) atoms. The second-order valence-electron chi connectivity index (χ2n) is 2.88. The van der Waals surface area contributed by atoms with Crippen molar-refractivity contribution in [2.45, 2.75) is 5.75 Å². The first-order chi connectivity index (χ1) is 7.07. The highest BCUT2D eigenvalue weighted by molar-refractivity contribution is 7.88. The Bertz CT molecular complexity index is 404. The van der Waals surface area contributed by atoms with Gasteiger partial charge in [-0.25, -0.2) is 13.1 Å². The number of hydrogen-bond acceptors (Lipinski definition) is 4. The highest BCUT2D eigenvalue weighted by Gasteiger charge is 2.07. The van der Waals surface area contributed by atoms with E-state index in [1.165, 1.54) is 7.05 Å². The number of halogens is 1. The summed E-state index contributed by atoms with van der Waals surface area (Å²) in [4.78, 5) is 2.25. The Balaban J connectivity index is 2.73. The van der Waals surface area contributed by atoms with Gasteiger partial charge in [-0.1, -0.05) is 12.1 Å². The first-order valence-electron chi connectivity index (χ1n) is 4.19. The summed E-state index contributed by atoms with van der Waals surface area (Å²) in [6, 6.07) is 6.89. The molecule has 0 aromatic heterocycles. The average molecular weight is 250 g/mol. The first kappa shape index (κ1) is 12.3. The normalized spacial score (nSPS) is 11.3. The second kappa shape index (κ2) is 5.32. The van der Waals surface area contributed by atoms with Crippen molar-refractivity contribution in [3.8, 4) is 0 Å². The predicted octanol–water partition coefficient (Wildman–Crippen LogP) is 0.806. The molecule has 5 nitrogen and oxygen atoms in total. The molecule has 3 N–H and O–H groups in total. The molecule has 1 aromatic rings. The molecule has 0 heterocycles. The van der Waals surface area contributed by atoms with Gasteiger partial charge in [0.05, 0.1) is 5.75 Å². The van der Waals surface area contributed by atoms with Crippen LogP contribution in [-0.4, -0.2) is 15.5 Å². The molecular weight excluding hydrogens is 238 g/mol. The standard InChI is InChI=1S/C8H12ClN3O2S/c1-10-15(13,14)6-7-2-4-8(5-3-7)11-12-9/h2-5,10-12H,6H2,1H3. The molecule has 0 aliphatic rings. The molecule has 0 saturated carbocycles. The number of hydrazine groups is 1. The van der Waals surface area contributed by atoms with Crippen molar-refractivity contribution in [1.29, 1.82) is 0 Å². The van der Waals surface area contributed by atoms with Gasteiger partial charge in [0.1, 0.15) is 0 Å². The molecule has 0 fully saturated rings. The van der Waals surface area contributed by atoms with Crippen molar-refractivity contribution in [1.82, 2.24) is 9.67 Å². The van der Waals surface area contributed by atoms with Crippen LogP contribution < -0.4 is 15.1 Å². The number of anilines is 1. The molecule has 0 atom stereocenters. The van der Waals surface area contributed by atoms with Crippen LogP contribution in [0.25, 0.3) is 0 Å². The van der Waals surface area contributed by atoms with Gasteiger partial charge >= 0.3 is 0 Å². The lowest BCUT2D eigenvalue weighted by molar-refractivity contribution is 0.587. The second-order valence-corrected chi connectivity index (χ2v) is 5.00. The molecule has 0 aliphatic carbocycles. The number of benzene rings is 1. The third-order valence-corrected chi connectivity index (χ3v) is 3.24. The van der Waals surface area contributed by atoms with E-state index in [-0.39, 0.29) is 5.75 Å². The number of hydrogen-bond donors (Lipinski definition) is 3. The summed E-state index contributed by atoms with van der Waals surface area (Å²) < 4.78 is 24.7. The van der Waals surface area contributed by atoms with Crippen LogP contribution in [0.1, 0.15) is 5.56 Å². The SMILES string of the molecule is CNS(=O)(=O)Cc1ccc(NNCl)cc1. The van der Waals surface area contributed by atoms with Gasteiger partial charge < -0.3 is 5.43 Å². The maximum Gasteiger partial charge on any atom is 0.215 e. The van der Waals surface area contributed by atoms with Gasteiger partial charge in [0, 0.05) is 5.69 Å². The van der Waals surface area contributed by atoms with Crippen LogP contribution in [0.5, 0.6) is 0 Å². The van der Waals surface area contributed by atoms with E-state index in [0.29, 0.717) is 5.56 Å². The summed E-state index contributed by atoms with van der Waals surface area (Å²) >= 11 is 5.24. The summed E-state index contributed by atoms with van der Waals surface area (Å²) in [6.45, 7) is 0. The fourth-order valence-corrected chi connectivity index (χ4v) is 1.92. The molecule has 0 amide bonds. The zero-order valence-electron chi connectivity index (χ0n) is 8.12. The van der Waals surface area contributed by atoms with Gasteiger partial charge in [-0.2, -0.15) is 0 Å². The lowest BCUT2D eigenvalue weighted by Gasteiger charge is -2.05. The van der Waals surface area contributed by atoms with Crippen molar-refractivity contribution >= 4 is 27.5 Å². The van der Waals surface area contributed by atoms with Crippen LogP contribution in [0.3, 0.4) is 0 Å². The molecular formula is C8H12ClN3O2S. The van der Waals surface area contributed by atoms with Gasteiger partial charge in [0.25, 0.3) is 0 Å². The molecule has 0 radical (unpaired) electrons. The average Bonchev–Trinajstić information content (AvgIpc) is 2.21. The van der Waals surface area contributed by atoms with Crippen molar-refractivity contribution < 1.29 is 8.42 Å². The Morgan fingerprint density at radius 1 is 1.27 bits per heavy atom. The molecule has 7 heteroatoms. The van der Waals surface area contributed by atoms with Crippen LogP contribution in [0.15, 0.2) is 24.3 Å². The highest BCUT2D eigenvalue weighted by atomic mass is 35.5. The van der Waals surface area contributed by atoms with Crippen molar-refractivity contribution in [2.24, 2.45) is 0 Å². The van der Waals surface area contributed by atoms with Crippen molar-refractivity contribution in [3.05, 3.63) is 29.8 Å². The predicted molar refractivity (Wildman–Crippen MR) is 60.7 cm³/mol. The van der Waals surface area contributed by atoms with E-state index in [2.05, 4.69) is 15.1 Å². The van der Waals surface area contributed by atoms with E-state index in [4.69, 9.17) is 11.8 Å². The molecule has 84 valence electrons. The third kappa shape index (κ3) is 4.05. The van der Waals surface area contributed by atoms with E-state index in [9.17, 15) is 8.42 Å². The van der Waals surface area contributed by atoms with E-state index in [1.54, 1.807) is 24.3 Å². The van der Waals surface area contributed by atoms with Gasteiger partial charge in [0.15, 0.2) is 0 Å². The van der Waals surface area contributed by atoms with Crippen LogP contribution in [0, 0.1) is 0 Å². The Hall–Kier alpha value is -0.820. The minimum absolute atomic E-state index is 0.0297. The maximum atomic E-state index is 11.2. The van der Waals surface area contributed by atoms with Crippen LogP contribution in [0.2, 0.25) is 0 Å². The highest BCUT2D eigenvalue weighted by Crippen LogP contribution is 2.10. The largest absolute Gasteiger partial charge is 0.308 e. The molecule has 0 unspecified atom stereocenters. The van der Waals surface area contributed by atoms with Crippen LogP contribution >= 0.6 is 11.8 Å². The quantitative estimate of drug-likeness (QED) is 0.534. The zero-order valence-corrected chi connectivity index (χ0v) is 9.69. The van der Waals surface area contributed by atoms with E-state index < -0.39 is 10.0 Å². The third-order valence-electron chi connectivity index (χ3n) is 1.81. The fraction of sp³-hybridized carbons (Fsp3) is 0.250. The van der Waals surface area contributed by atoms with Gasteiger partial charge in [0.2, 0.25) is 10.0 Å². The first-order valence-corrected chi connectivity index (χ1v) is 6.22. The van der Waals surface area contributed by atoms with Crippen molar-refractivity contribution in [2.75, 3.05) is 12.5 Å².